The molecular weight excluding hydrogens is 328 g/mol. The highest BCUT2D eigenvalue weighted by molar-refractivity contribution is 5.74. The minimum Gasteiger partial charge on any atom is -0.494 e. The lowest BCUT2D eigenvalue weighted by atomic mass is 10.1. The summed E-state index contributed by atoms with van der Waals surface area (Å²) in [5.41, 5.74) is 0.892. The van der Waals surface area contributed by atoms with E-state index in [1.807, 2.05) is 38.1 Å². The fourth-order valence-electron chi connectivity index (χ4n) is 2.32. The van der Waals surface area contributed by atoms with Crippen molar-refractivity contribution in [2.24, 2.45) is 5.92 Å². The van der Waals surface area contributed by atoms with E-state index in [0.29, 0.717) is 11.6 Å². The first-order chi connectivity index (χ1) is 12.6. The molecule has 0 bridgehead atoms. The number of carbonyl (C=O) groups is 1. The molecule has 5 heteroatoms. The number of hydrogen-bond donors (Lipinski definition) is 0. The van der Waals surface area contributed by atoms with Crippen LogP contribution in [-0.2, 0) is 4.79 Å². The number of rotatable bonds is 10. The Balaban J connectivity index is 1.89. The third kappa shape index (κ3) is 6.14. The van der Waals surface area contributed by atoms with Gasteiger partial charge in [-0.15, -0.1) is 0 Å². The summed E-state index contributed by atoms with van der Waals surface area (Å²) >= 11 is 0. The molecule has 0 amide bonds. The lowest BCUT2D eigenvalue weighted by Gasteiger charge is -2.09. The quantitative estimate of drug-likeness (QED) is 0.440. The van der Waals surface area contributed by atoms with Crippen molar-refractivity contribution < 1.29 is 14.3 Å². The van der Waals surface area contributed by atoms with Crippen LogP contribution in [0.5, 0.6) is 11.5 Å². The fourth-order valence-corrected chi connectivity index (χ4v) is 2.32. The normalized spacial score (nSPS) is 11.8. The second-order valence-electron chi connectivity index (χ2n) is 6.41. The Hall–Kier alpha value is -2.43. The largest absolute Gasteiger partial charge is 0.494 e. The van der Waals surface area contributed by atoms with Gasteiger partial charge in [-0.25, -0.2) is 9.97 Å². The zero-order valence-corrected chi connectivity index (χ0v) is 15.9. The second-order valence-corrected chi connectivity index (χ2v) is 6.41. The number of benzene rings is 1. The van der Waals surface area contributed by atoms with Gasteiger partial charge in [0.2, 0.25) is 0 Å². The predicted molar refractivity (Wildman–Crippen MR) is 102 cm³/mol. The van der Waals surface area contributed by atoms with E-state index in [2.05, 4.69) is 16.9 Å². The Morgan fingerprint density at radius 2 is 1.69 bits per heavy atom. The van der Waals surface area contributed by atoms with E-state index in [0.717, 1.165) is 30.8 Å². The molecule has 1 aromatic carbocycles. The van der Waals surface area contributed by atoms with Crippen molar-refractivity contribution in [3.63, 3.8) is 0 Å². The third-order valence-corrected chi connectivity index (χ3v) is 4.24. The first-order valence-electron chi connectivity index (χ1n) is 9.41. The van der Waals surface area contributed by atoms with Crippen LogP contribution in [0.15, 0.2) is 36.7 Å². The van der Waals surface area contributed by atoms with Crippen LogP contribution >= 0.6 is 0 Å². The lowest BCUT2D eigenvalue weighted by molar-refractivity contribution is -0.138. The van der Waals surface area contributed by atoms with E-state index in [1.54, 1.807) is 0 Å². The minimum absolute atomic E-state index is 0.135. The zero-order valence-electron chi connectivity index (χ0n) is 15.9. The van der Waals surface area contributed by atoms with Crippen molar-refractivity contribution in [1.82, 2.24) is 9.97 Å². The van der Waals surface area contributed by atoms with Crippen molar-refractivity contribution in [2.75, 3.05) is 6.61 Å². The number of carbonyl (C=O) groups excluding carboxylic acids is 1. The van der Waals surface area contributed by atoms with Crippen molar-refractivity contribution in [1.29, 1.82) is 0 Å². The fraction of sp³-hybridized carbons (Fsp3) is 0.476. The molecule has 1 aromatic heterocycles. The van der Waals surface area contributed by atoms with Crippen LogP contribution in [0.4, 0.5) is 0 Å². The van der Waals surface area contributed by atoms with E-state index < -0.39 is 0 Å². The van der Waals surface area contributed by atoms with E-state index >= 15 is 0 Å². The van der Waals surface area contributed by atoms with Gasteiger partial charge in [0.25, 0.3) is 0 Å². The highest BCUT2D eigenvalue weighted by Gasteiger charge is 2.13. The lowest BCUT2D eigenvalue weighted by Crippen LogP contribution is -2.17. The van der Waals surface area contributed by atoms with Gasteiger partial charge in [0.15, 0.2) is 11.6 Å². The number of ether oxygens (including phenoxy) is 2. The molecule has 0 aliphatic rings. The van der Waals surface area contributed by atoms with Gasteiger partial charge < -0.3 is 9.47 Å². The summed E-state index contributed by atoms with van der Waals surface area (Å²) < 4.78 is 11.0. The maximum Gasteiger partial charge on any atom is 0.314 e. The van der Waals surface area contributed by atoms with Crippen LogP contribution in [0.2, 0.25) is 0 Å². The van der Waals surface area contributed by atoms with Crippen LogP contribution in [0.3, 0.4) is 0 Å². The van der Waals surface area contributed by atoms with Crippen LogP contribution in [0.25, 0.3) is 11.4 Å². The molecule has 0 aliphatic heterocycles. The predicted octanol–water partition coefficient (Wildman–Crippen LogP) is 5.05. The van der Waals surface area contributed by atoms with Crippen LogP contribution in [-0.4, -0.2) is 22.5 Å². The molecule has 1 unspecified atom stereocenters. The first-order valence-corrected chi connectivity index (χ1v) is 9.41. The molecular formula is C21H28N2O3. The zero-order chi connectivity index (χ0) is 18.8. The highest BCUT2D eigenvalue weighted by Crippen LogP contribution is 2.21. The van der Waals surface area contributed by atoms with Gasteiger partial charge in [-0.3, -0.25) is 4.79 Å². The highest BCUT2D eigenvalue weighted by atomic mass is 16.5. The molecule has 0 saturated heterocycles. The smallest absolute Gasteiger partial charge is 0.314 e. The molecule has 140 valence electrons. The molecule has 26 heavy (non-hydrogen) atoms. The average molecular weight is 356 g/mol. The van der Waals surface area contributed by atoms with Crippen molar-refractivity contribution >= 4 is 5.97 Å². The molecule has 5 nitrogen and oxygen atoms in total. The van der Waals surface area contributed by atoms with Gasteiger partial charge in [0, 0.05) is 5.56 Å². The number of nitrogens with zero attached hydrogens (tertiary/aromatic N) is 2. The molecule has 1 heterocycles. The molecule has 2 rings (SSSR count). The number of esters is 1. The molecule has 2 aromatic rings. The summed E-state index contributed by atoms with van der Waals surface area (Å²) in [5.74, 6) is 1.41. The van der Waals surface area contributed by atoms with Gasteiger partial charge in [0.05, 0.1) is 24.9 Å². The van der Waals surface area contributed by atoms with Gasteiger partial charge in [-0.05, 0) is 37.1 Å². The SMILES string of the molecule is CCCCCCOc1ccc(-c2ncc(OC(=O)C(C)CC)cn2)cc1. The maximum atomic E-state index is 11.8. The van der Waals surface area contributed by atoms with Crippen LogP contribution < -0.4 is 9.47 Å². The summed E-state index contributed by atoms with van der Waals surface area (Å²) in [4.78, 5) is 20.4. The van der Waals surface area contributed by atoms with Crippen LogP contribution in [0.1, 0.15) is 52.9 Å². The van der Waals surface area contributed by atoms with Gasteiger partial charge in [-0.1, -0.05) is 40.0 Å². The monoisotopic (exact) mass is 356 g/mol. The Kier molecular flexibility index (Phi) is 8.06. The maximum absolute atomic E-state index is 11.8. The summed E-state index contributed by atoms with van der Waals surface area (Å²) in [7, 11) is 0. The summed E-state index contributed by atoms with van der Waals surface area (Å²) in [6.45, 7) is 6.73. The first kappa shape index (κ1) is 19.9. The molecule has 0 spiro atoms. The topological polar surface area (TPSA) is 61.3 Å². The molecule has 0 N–H and O–H groups in total. The molecule has 1 atom stereocenters. The number of aromatic nitrogens is 2. The Bertz CT molecular complexity index is 669. The third-order valence-electron chi connectivity index (χ3n) is 4.24. The van der Waals surface area contributed by atoms with Crippen molar-refractivity contribution in [3.05, 3.63) is 36.7 Å². The average Bonchev–Trinajstić information content (AvgIpc) is 2.68. The van der Waals surface area contributed by atoms with E-state index in [4.69, 9.17) is 9.47 Å². The van der Waals surface area contributed by atoms with E-state index in [-0.39, 0.29) is 11.9 Å². The Labute approximate surface area is 155 Å². The van der Waals surface area contributed by atoms with Crippen LogP contribution in [0, 0.1) is 5.92 Å². The van der Waals surface area contributed by atoms with Gasteiger partial charge >= 0.3 is 5.97 Å². The number of unbranched alkanes of at least 4 members (excludes halogenated alkanes) is 3. The van der Waals surface area contributed by atoms with Gasteiger partial charge in [0.1, 0.15) is 5.75 Å². The minimum atomic E-state index is -0.260. The Morgan fingerprint density at radius 3 is 2.31 bits per heavy atom. The molecule has 0 radical (unpaired) electrons. The number of hydrogen-bond acceptors (Lipinski definition) is 5. The van der Waals surface area contributed by atoms with E-state index in [1.165, 1.54) is 31.7 Å². The summed E-state index contributed by atoms with van der Waals surface area (Å²) in [6.07, 6.45) is 8.56. The standard InChI is InChI=1S/C21H28N2O3/c1-4-6-7-8-13-25-18-11-9-17(10-12-18)20-22-14-19(15-23-20)26-21(24)16(3)5-2/h9-12,14-16H,4-8,13H2,1-3H3. The second kappa shape index (κ2) is 10.5. The van der Waals surface area contributed by atoms with E-state index in [9.17, 15) is 4.79 Å². The molecule has 0 aliphatic carbocycles. The summed E-state index contributed by atoms with van der Waals surface area (Å²) in [5, 5.41) is 0. The molecule has 0 saturated carbocycles. The van der Waals surface area contributed by atoms with Crippen molar-refractivity contribution in [3.8, 4) is 22.9 Å². The van der Waals surface area contributed by atoms with Crippen molar-refractivity contribution in [2.45, 2.75) is 52.9 Å². The molecule has 0 fully saturated rings. The Morgan fingerprint density at radius 1 is 1.00 bits per heavy atom. The van der Waals surface area contributed by atoms with Gasteiger partial charge in [-0.2, -0.15) is 0 Å². The summed E-state index contributed by atoms with van der Waals surface area (Å²) in [6, 6.07) is 7.72.